The van der Waals surface area contributed by atoms with Crippen molar-refractivity contribution in [1.82, 2.24) is 9.88 Å². The summed E-state index contributed by atoms with van der Waals surface area (Å²) in [5, 5.41) is 9.44. The number of carbonyl (C=O) groups excluding carboxylic acids is 1. The average molecular weight is 234 g/mol. The maximum absolute atomic E-state index is 11.5. The SMILES string of the molecule is CC(C(=O)O)(c1cccnc1)N(C=O)C1CC1. The standard InChI is InChI=1S/C12H14N2O3/c1-12(11(16)17,9-3-2-6-13-7-9)14(8-15)10-4-5-10/h2-3,6-8,10H,4-5H2,1H3,(H,16,17). The average Bonchev–Trinajstić information content (AvgIpc) is 3.15. The van der Waals surface area contributed by atoms with Crippen LogP contribution in [-0.2, 0) is 15.1 Å². The van der Waals surface area contributed by atoms with Crippen LogP contribution in [0.4, 0.5) is 0 Å². The van der Waals surface area contributed by atoms with Crippen molar-refractivity contribution in [3.05, 3.63) is 30.1 Å². The quantitative estimate of drug-likeness (QED) is 0.772. The zero-order valence-electron chi connectivity index (χ0n) is 9.54. The number of carboxylic acid groups (broad SMARTS) is 1. The molecule has 1 amide bonds. The second-order valence-corrected chi connectivity index (χ2v) is 4.36. The third-order valence-corrected chi connectivity index (χ3v) is 3.21. The van der Waals surface area contributed by atoms with Crippen LogP contribution in [0.2, 0.25) is 0 Å². The molecule has 1 aliphatic rings. The van der Waals surface area contributed by atoms with Gasteiger partial charge in [0, 0.05) is 24.0 Å². The van der Waals surface area contributed by atoms with E-state index >= 15 is 0 Å². The van der Waals surface area contributed by atoms with E-state index in [0.717, 1.165) is 12.8 Å². The number of pyridine rings is 1. The molecule has 17 heavy (non-hydrogen) atoms. The Morgan fingerprint density at radius 2 is 2.35 bits per heavy atom. The maximum atomic E-state index is 11.5. The molecule has 1 saturated carbocycles. The highest BCUT2D eigenvalue weighted by molar-refractivity contribution is 5.83. The normalized spacial score (nSPS) is 18.2. The van der Waals surface area contributed by atoms with Gasteiger partial charge in [0.1, 0.15) is 0 Å². The molecule has 1 aromatic heterocycles. The van der Waals surface area contributed by atoms with Crippen LogP contribution in [-0.4, -0.2) is 33.4 Å². The van der Waals surface area contributed by atoms with Gasteiger partial charge in [-0.2, -0.15) is 0 Å². The van der Waals surface area contributed by atoms with E-state index in [1.807, 2.05) is 0 Å². The predicted molar refractivity (Wildman–Crippen MR) is 60.1 cm³/mol. The number of carbonyl (C=O) groups is 2. The fourth-order valence-corrected chi connectivity index (χ4v) is 1.94. The lowest BCUT2D eigenvalue weighted by Gasteiger charge is -2.35. The van der Waals surface area contributed by atoms with Crippen molar-refractivity contribution in [2.24, 2.45) is 0 Å². The van der Waals surface area contributed by atoms with Crippen LogP contribution < -0.4 is 0 Å². The van der Waals surface area contributed by atoms with Crippen LogP contribution in [0, 0.1) is 0 Å². The molecule has 1 fully saturated rings. The van der Waals surface area contributed by atoms with E-state index in [0.29, 0.717) is 12.0 Å². The molecule has 1 atom stereocenters. The number of hydrogen-bond donors (Lipinski definition) is 1. The van der Waals surface area contributed by atoms with E-state index in [1.165, 1.54) is 11.1 Å². The summed E-state index contributed by atoms with van der Waals surface area (Å²) in [4.78, 5) is 28.0. The largest absolute Gasteiger partial charge is 0.479 e. The Kier molecular flexibility index (Phi) is 2.83. The van der Waals surface area contributed by atoms with Crippen molar-refractivity contribution in [1.29, 1.82) is 0 Å². The van der Waals surface area contributed by atoms with Gasteiger partial charge >= 0.3 is 5.97 Å². The first-order valence-corrected chi connectivity index (χ1v) is 5.48. The minimum Gasteiger partial charge on any atom is -0.479 e. The van der Waals surface area contributed by atoms with Gasteiger partial charge < -0.3 is 10.0 Å². The number of amides is 1. The summed E-state index contributed by atoms with van der Waals surface area (Å²) in [5.41, 5.74) is -0.816. The van der Waals surface area contributed by atoms with Crippen LogP contribution in [0.3, 0.4) is 0 Å². The van der Waals surface area contributed by atoms with Gasteiger partial charge in [0.15, 0.2) is 5.54 Å². The van der Waals surface area contributed by atoms with Crippen molar-refractivity contribution in [3.63, 3.8) is 0 Å². The Labute approximate surface area is 99.1 Å². The lowest BCUT2D eigenvalue weighted by atomic mass is 9.91. The van der Waals surface area contributed by atoms with Crippen LogP contribution >= 0.6 is 0 Å². The number of hydrogen-bond acceptors (Lipinski definition) is 3. The summed E-state index contributed by atoms with van der Waals surface area (Å²) in [5.74, 6) is -1.04. The third-order valence-electron chi connectivity index (χ3n) is 3.21. The molecule has 5 heteroatoms. The first-order valence-electron chi connectivity index (χ1n) is 5.48. The summed E-state index contributed by atoms with van der Waals surface area (Å²) in [6.07, 6.45) is 5.42. The summed E-state index contributed by atoms with van der Waals surface area (Å²) in [7, 11) is 0. The monoisotopic (exact) mass is 234 g/mol. The highest BCUT2D eigenvalue weighted by Crippen LogP contribution is 2.37. The van der Waals surface area contributed by atoms with Gasteiger partial charge in [-0.05, 0) is 25.8 Å². The lowest BCUT2D eigenvalue weighted by Crippen LogP contribution is -2.50. The predicted octanol–water partition coefficient (Wildman–Crippen LogP) is 1.00. The van der Waals surface area contributed by atoms with E-state index in [4.69, 9.17) is 0 Å². The highest BCUT2D eigenvalue weighted by Gasteiger charge is 2.47. The Balaban J connectivity index is 2.45. The molecule has 2 rings (SSSR count). The molecule has 1 aliphatic carbocycles. The number of aromatic nitrogens is 1. The van der Waals surface area contributed by atoms with Crippen LogP contribution in [0.1, 0.15) is 25.3 Å². The van der Waals surface area contributed by atoms with Gasteiger partial charge in [0.2, 0.25) is 6.41 Å². The van der Waals surface area contributed by atoms with Crippen LogP contribution in [0.5, 0.6) is 0 Å². The molecular formula is C12H14N2O3. The summed E-state index contributed by atoms with van der Waals surface area (Å²) in [6.45, 7) is 1.54. The molecule has 0 aliphatic heterocycles. The zero-order chi connectivity index (χ0) is 12.5. The molecule has 1 aromatic rings. The van der Waals surface area contributed by atoms with Crippen LogP contribution in [0.15, 0.2) is 24.5 Å². The fraction of sp³-hybridized carbons (Fsp3) is 0.417. The molecule has 0 radical (unpaired) electrons. The van der Waals surface area contributed by atoms with E-state index in [1.54, 1.807) is 25.3 Å². The Morgan fingerprint density at radius 1 is 1.65 bits per heavy atom. The van der Waals surface area contributed by atoms with Crippen molar-refractivity contribution >= 4 is 12.4 Å². The van der Waals surface area contributed by atoms with E-state index in [9.17, 15) is 14.7 Å². The minimum atomic E-state index is -1.34. The van der Waals surface area contributed by atoms with Crippen molar-refractivity contribution in [3.8, 4) is 0 Å². The smallest absolute Gasteiger partial charge is 0.334 e. The van der Waals surface area contributed by atoms with Crippen molar-refractivity contribution in [2.75, 3.05) is 0 Å². The number of carboxylic acids is 1. The molecule has 1 heterocycles. The summed E-state index contributed by atoms with van der Waals surface area (Å²) < 4.78 is 0. The van der Waals surface area contributed by atoms with Gasteiger partial charge in [-0.15, -0.1) is 0 Å². The summed E-state index contributed by atoms with van der Waals surface area (Å²) >= 11 is 0. The van der Waals surface area contributed by atoms with E-state index < -0.39 is 11.5 Å². The van der Waals surface area contributed by atoms with E-state index in [-0.39, 0.29) is 6.04 Å². The van der Waals surface area contributed by atoms with Gasteiger partial charge in [-0.1, -0.05) is 6.07 Å². The van der Waals surface area contributed by atoms with E-state index in [2.05, 4.69) is 4.98 Å². The summed E-state index contributed by atoms with van der Waals surface area (Å²) in [6, 6.07) is 3.39. The van der Waals surface area contributed by atoms with Gasteiger partial charge in [0.05, 0.1) is 0 Å². The first kappa shape index (κ1) is 11.6. The molecule has 0 bridgehead atoms. The Morgan fingerprint density at radius 3 is 2.76 bits per heavy atom. The first-order chi connectivity index (χ1) is 8.10. The number of nitrogens with zero attached hydrogens (tertiary/aromatic N) is 2. The molecule has 0 saturated heterocycles. The Bertz CT molecular complexity index is 431. The molecular weight excluding hydrogens is 220 g/mol. The minimum absolute atomic E-state index is 0.0359. The second kappa shape index (κ2) is 4.16. The molecule has 1 N–H and O–H groups in total. The number of rotatable bonds is 5. The fourth-order valence-electron chi connectivity index (χ4n) is 1.94. The van der Waals surface area contributed by atoms with Crippen LogP contribution in [0.25, 0.3) is 0 Å². The maximum Gasteiger partial charge on any atom is 0.334 e. The van der Waals surface area contributed by atoms with Gasteiger partial charge in [-0.3, -0.25) is 9.78 Å². The molecule has 0 aromatic carbocycles. The topological polar surface area (TPSA) is 70.5 Å². The Hall–Kier alpha value is -1.91. The second-order valence-electron chi connectivity index (χ2n) is 4.36. The van der Waals surface area contributed by atoms with Crippen molar-refractivity contribution in [2.45, 2.75) is 31.3 Å². The molecule has 0 spiro atoms. The van der Waals surface area contributed by atoms with Gasteiger partial charge in [-0.25, -0.2) is 4.79 Å². The van der Waals surface area contributed by atoms with Gasteiger partial charge in [0.25, 0.3) is 0 Å². The molecule has 5 nitrogen and oxygen atoms in total. The van der Waals surface area contributed by atoms with Crippen molar-refractivity contribution < 1.29 is 14.7 Å². The zero-order valence-corrected chi connectivity index (χ0v) is 9.54. The molecule has 1 unspecified atom stereocenters. The third kappa shape index (κ3) is 1.88. The lowest BCUT2D eigenvalue weighted by molar-refractivity contribution is -0.155. The molecule has 90 valence electrons. The highest BCUT2D eigenvalue weighted by atomic mass is 16.4. The number of aliphatic carboxylic acids is 1.